The largest absolute Gasteiger partial charge is 0.497 e. The molecular weight excluding hydrogens is 328 g/mol. The molecule has 5 nitrogen and oxygen atoms in total. The number of carbonyl (C=O) groups excluding carboxylic acids is 1. The monoisotopic (exact) mass is 355 g/mol. The van der Waals surface area contributed by atoms with Crippen LogP contribution in [0.2, 0.25) is 0 Å². The molecule has 1 saturated heterocycles. The molecule has 3 rings (SSSR count). The molecule has 2 aromatic carbocycles. The minimum Gasteiger partial charge on any atom is -0.497 e. The third-order valence-corrected chi connectivity index (χ3v) is 4.76. The molecule has 1 amide bonds. The first-order chi connectivity index (χ1) is 12.7. The van der Waals surface area contributed by atoms with Crippen LogP contribution in [-0.4, -0.2) is 39.3 Å². The Morgan fingerprint density at radius 1 is 1.08 bits per heavy atom. The van der Waals surface area contributed by atoms with Crippen molar-refractivity contribution in [1.29, 1.82) is 0 Å². The van der Waals surface area contributed by atoms with Crippen molar-refractivity contribution in [3.63, 3.8) is 0 Å². The number of ether oxygens (including phenoxy) is 2. The lowest BCUT2D eigenvalue weighted by Gasteiger charge is -2.24. The highest BCUT2D eigenvalue weighted by molar-refractivity contribution is 5.78. The van der Waals surface area contributed by atoms with Crippen molar-refractivity contribution in [2.75, 3.05) is 33.4 Å². The van der Waals surface area contributed by atoms with E-state index in [0.29, 0.717) is 13.0 Å². The van der Waals surface area contributed by atoms with E-state index in [0.717, 1.165) is 44.2 Å². The normalized spacial score (nSPS) is 14.8. The average molecular weight is 355 g/mol. The van der Waals surface area contributed by atoms with E-state index in [2.05, 4.69) is 23.5 Å². The standard InChI is InChI=1S/C21H26N2O3/c1-25-20-8-6-17(7-9-20)14-21(24)22-15-18-4-2-3-5-19(18)16-23-10-12-26-13-11-23/h2-9H,10-16H2,1H3,(H,22,24)/p+1. The maximum atomic E-state index is 12.3. The molecule has 5 heteroatoms. The predicted molar refractivity (Wildman–Crippen MR) is 100 cm³/mol. The number of benzene rings is 2. The zero-order valence-corrected chi connectivity index (χ0v) is 15.3. The molecule has 0 saturated carbocycles. The van der Waals surface area contributed by atoms with Gasteiger partial charge in [-0.1, -0.05) is 36.4 Å². The van der Waals surface area contributed by atoms with Crippen LogP contribution in [0.25, 0.3) is 0 Å². The summed E-state index contributed by atoms with van der Waals surface area (Å²) in [4.78, 5) is 13.8. The van der Waals surface area contributed by atoms with E-state index in [1.807, 2.05) is 30.3 Å². The van der Waals surface area contributed by atoms with Gasteiger partial charge in [-0.25, -0.2) is 0 Å². The van der Waals surface area contributed by atoms with Crippen LogP contribution in [0.4, 0.5) is 0 Å². The molecule has 0 bridgehead atoms. The molecule has 0 unspecified atom stereocenters. The van der Waals surface area contributed by atoms with Crippen LogP contribution in [-0.2, 0) is 29.0 Å². The topological polar surface area (TPSA) is 52.0 Å². The van der Waals surface area contributed by atoms with E-state index in [9.17, 15) is 4.79 Å². The van der Waals surface area contributed by atoms with Crippen LogP contribution >= 0.6 is 0 Å². The minimum atomic E-state index is 0.0312. The predicted octanol–water partition coefficient (Wildman–Crippen LogP) is 0.969. The SMILES string of the molecule is COc1ccc(CC(=O)NCc2ccccc2C[NH+]2CCOCC2)cc1. The summed E-state index contributed by atoms with van der Waals surface area (Å²) < 4.78 is 10.6. The number of quaternary nitrogens is 1. The van der Waals surface area contributed by atoms with Gasteiger partial charge in [-0.3, -0.25) is 4.79 Å². The Kier molecular flexibility index (Phi) is 6.63. The van der Waals surface area contributed by atoms with Gasteiger partial charge in [0.2, 0.25) is 5.91 Å². The Morgan fingerprint density at radius 3 is 2.46 bits per heavy atom. The number of carbonyl (C=O) groups is 1. The molecule has 0 aliphatic carbocycles. The highest BCUT2D eigenvalue weighted by Crippen LogP contribution is 2.12. The smallest absolute Gasteiger partial charge is 0.224 e. The molecule has 0 spiro atoms. The van der Waals surface area contributed by atoms with Crippen LogP contribution in [0.5, 0.6) is 5.75 Å². The van der Waals surface area contributed by atoms with Crippen LogP contribution < -0.4 is 15.0 Å². The molecule has 0 radical (unpaired) electrons. The molecule has 0 aromatic heterocycles. The maximum Gasteiger partial charge on any atom is 0.224 e. The van der Waals surface area contributed by atoms with Gasteiger partial charge >= 0.3 is 0 Å². The number of hydrogen-bond acceptors (Lipinski definition) is 3. The fraction of sp³-hybridized carbons (Fsp3) is 0.381. The van der Waals surface area contributed by atoms with Crippen molar-refractivity contribution in [3.8, 4) is 5.75 Å². The van der Waals surface area contributed by atoms with Crippen LogP contribution in [0.1, 0.15) is 16.7 Å². The van der Waals surface area contributed by atoms with Gasteiger partial charge in [-0.2, -0.15) is 0 Å². The number of morpholine rings is 1. The zero-order chi connectivity index (χ0) is 18.2. The second kappa shape index (κ2) is 9.36. The van der Waals surface area contributed by atoms with Gasteiger partial charge in [0.1, 0.15) is 25.4 Å². The summed E-state index contributed by atoms with van der Waals surface area (Å²) in [6, 6.07) is 16.0. The number of methoxy groups -OCH3 is 1. The summed E-state index contributed by atoms with van der Waals surface area (Å²) >= 11 is 0. The molecule has 1 heterocycles. The van der Waals surface area contributed by atoms with E-state index in [4.69, 9.17) is 9.47 Å². The third kappa shape index (κ3) is 5.31. The summed E-state index contributed by atoms with van der Waals surface area (Å²) in [6.07, 6.45) is 0.376. The molecule has 26 heavy (non-hydrogen) atoms. The molecule has 1 fully saturated rings. The average Bonchev–Trinajstić information content (AvgIpc) is 2.69. The highest BCUT2D eigenvalue weighted by atomic mass is 16.5. The first-order valence-electron chi connectivity index (χ1n) is 9.12. The van der Waals surface area contributed by atoms with Gasteiger partial charge in [0.15, 0.2) is 0 Å². The third-order valence-electron chi connectivity index (χ3n) is 4.76. The number of rotatable bonds is 7. The summed E-state index contributed by atoms with van der Waals surface area (Å²) in [5.74, 6) is 0.831. The second-order valence-electron chi connectivity index (χ2n) is 6.61. The first kappa shape index (κ1) is 18.4. The van der Waals surface area contributed by atoms with Crippen molar-refractivity contribution in [2.45, 2.75) is 19.5 Å². The zero-order valence-electron chi connectivity index (χ0n) is 15.3. The highest BCUT2D eigenvalue weighted by Gasteiger charge is 2.16. The van der Waals surface area contributed by atoms with E-state index < -0.39 is 0 Å². The Labute approximate surface area is 154 Å². The Morgan fingerprint density at radius 2 is 1.77 bits per heavy atom. The summed E-state index contributed by atoms with van der Waals surface area (Å²) in [5, 5.41) is 3.05. The van der Waals surface area contributed by atoms with Gasteiger partial charge < -0.3 is 19.7 Å². The molecule has 138 valence electrons. The molecule has 1 aliphatic rings. The number of amides is 1. The molecule has 0 atom stereocenters. The Balaban J connectivity index is 1.54. The quantitative estimate of drug-likeness (QED) is 0.778. The Bertz CT molecular complexity index is 709. The lowest BCUT2D eigenvalue weighted by molar-refractivity contribution is -0.921. The van der Waals surface area contributed by atoms with Gasteiger partial charge in [0, 0.05) is 12.1 Å². The lowest BCUT2D eigenvalue weighted by Crippen LogP contribution is -3.12. The van der Waals surface area contributed by atoms with Crippen LogP contribution in [0.3, 0.4) is 0 Å². The van der Waals surface area contributed by atoms with Gasteiger partial charge in [-0.15, -0.1) is 0 Å². The van der Waals surface area contributed by atoms with Crippen LogP contribution in [0.15, 0.2) is 48.5 Å². The molecule has 2 N–H and O–H groups in total. The summed E-state index contributed by atoms with van der Waals surface area (Å²) in [5.41, 5.74) is 3.47. The number of nitrogens with one attached hydrogen (secondary N) is 2. The van der Waals surface area contributed by atoms with E-state index >= 15 is 0 Å². The van der Waals surface area contributed by atoms with Gasteiger partial charge in [0.05, 0.1) is 26.7 Å². The van der Waals surface area contributed by atoms with Crippen molar-refractivity contribution in [2.24, 2.45) is 0 Å². The van der Waals surface area contributed by atoms with Crippen molar-refractivity contribution < 1.29 is 19.2 Å². The van der Waals surface area contributed by atoms with Gasteiger partial charge in [-0.05, 0) is 23.3 Å². The fourth-order valence-electron chi connectivity index (χ4n) is 3.19. The van der Waals surface area contributed by atoms with E-state index in [1.165, 1.54) is 16.0 Å². The van der Waals surface area contributed by atoms with E-state index in [-0.39, 0.29) is 5.91 Å². The number of hydrogen-bond donors (Lipinski definition) is 2. The van der Waals surface area contributed by atoms with Crippen molar-refractivity contribution >= 4 is 5.91 Å². The minimum absolute atomic E-state index is 0.0312. The lowest BCUT2D eigenvalue weighted by atomic mass is 10.1. The fourth-order valence-corrected chi connectivity index (χ4v) is 3.19. The van der Waals surface area contributed by atoms with Gasteiger partial charge in [0.25, 0.3) is 0 Å². The molecule has 1 aliphatic heterocycles. The van der Waals surface area contributed by atoms with Crippen molar-refractivity contribution in [1.82, 2.24) is 5.32 Å². The summed E-state index contributed by atoms with van der Waals surface area (Å²) in [6.45, 7) is 5.28. The van der Waals surface area contributed by atoms with Crippen LogP contribution in [0, 0.1) is 0 Å². The first-order valence-corrected chi connectivity index (χ1v) is 9.12. The molecular formula is C21H27N2O3+. The Hall–Kier alpha value is -2.37. The maximum absolute atomic E-state index is 12.3. The van der Waals surface area contributed by atoms with Crippen molar-refractivity contribution in [3.05, 3.63) is 65.2 Å². The second-order valence-corrected chi connectivity index (χ2v) is 6.61. The molecule has 2 aromatic rings. The summed E-state index contributed by atoms with van der Waals surface area (Å²) in [7, 11) is 1.64. The van der Waals surface area contributed by atoms with E-state index in [1.54, 1.807) is 7.11 Å².